The third-order valence-electron chi connectivity index (χ3n) is 1.48. The van der Waals surface area contributed by atoms with Crippen LogP contribution in [-0.4, -0.2) is 17.6 Å². The number of allylic oxidation sites excluding steroid dienone is 1. The predicted octanol–water partition coefficient (Wildman–Crippen LogP) is 2.01. The summed E-state index contributed by atoms with van der Waals surface area (Å²) in [5, 5.41) is 0. The molecule has 0 rings (SSSR count). The first-order chi connectivity index (χ1) is 6.37. The fourth-order valence-corrected chi connectivity index (χ4v) is 0.858. The van der Waals surface area contributed by atoms with Crippen LogP contribution in [0.5, 0.6) is 0 Å². The van der Waals surface area contributed by atoms with Gasteiger partial charge in [-0.05, 0) is 27.2 Å². The van der Waals surface area contributed by atoms with Crippen LogP contribution in [0.1, 0.15) is 40.5 Å². The SMILES string of the molecule is CCCC=CC(N)C(=O)OC(C)(C)C. The van der Waals surface area contributed by atoms with Gasteiger partial charge in [0, 0.05) is 0 Å². The summed E-state index contributed by atoms with van der Waals surface area (Å²) in [6.07, 6.45) is 5.60. The van der Waals surface area contributed by atoms with E-state index in [1.54, 1.807) is 6.08 Å². The lowest BCUT2D eigenvalue weighted by atomic mass is 10.2. The maximum absolute atomic E-state index is 11.4. The van der Waals surface area contributed by atoms with Crippen LogP contribution in [0.15, 0.2) is 12.2 Å². The molecule has 3 nitrogen and oxygen atoms in total. The minimum absolute atomic E-state index is 0.371. The number of ether oxygens (including phenoxy) is 1. The Kier molecular flexibility index (Phi) is 5.46. The molecule has 0 bridgehead atoms. The van der Waals surface area contributed by atoms with E-state index in [0.29, 0.717) is 0 Å². The normalized spacial score (nSPS) is 14.4. The second-order valence-corrected chi connectivity index (χ2v) is 4.28. The van der Waals surface area contributed by atoms with Crippen molar-refractivity contribution in [1.29, 1.82) is 0 Å². The number of hydrogen-bond acceptors (Lipinski definition) is 3. The number of hydrogen-bond donors (Lipinski definition) is 1. The van der Waals surface area contributed by atoms with Crippen LogP contribution >= 0.6 is 0 Å². The highest BCUT2D eigenvalue weighted by Crippen LogP contribution is 2.08. The topological polar surface area (TPSA) is 52.3 Å². The molecule has 0 radical (unpaired) electrons. The van der Waals surface area contributed by atoms with E-state index in [2.05, 4.69) is 6.92 Å². The Bertz CT molecular complexity index is 204. The van der Waals surface area contributed by atoms with Gasteiger partial charge in [0.05, 0.1) is 0 Å². The monoisotopic (exact) mass is 199 g/mol. The van der Waals surface area contributed by atoms with Crippen LogP contribution in [0.2, 0.25) is 0 Å². The molecule has 1 atom stereocenters. The fraction of sp³-hybridized carbons (Fsp3) is 0.727. The van der Waals surface area contributed by atoms with E-state index in [-0.39, 0.29) is 5.97 Å². The van der Waals surface area contributed by atoms with Crippen LogP contribution in [-0.2, 0) is 9.53 Å². The molecule has 0 saturated carbocycles. The highest BCUT2D eigenvalue weighted by atomic mass is 16.6. The Morgan fingerprint density at radius 3 is 2.50 bits per heavy atom. The summed E-state index contributed by atoms with van der Waals surface area (Å²) in [4.78, 5) is 11.4. The number of nitrogens with two attached hydrogens (primary N) is 1. The smallest absolute Gasteiger partial charge is 0.327 e. The van der Waals surface area contributed by atoms with Gasteiger partial charge in [0.25, 0.3) is 0 Å². The quantitative estimate of drug-likeness (QED) is 0.556. The summed E-state index contributed by atoms with van der Waals surface area (Å²) in [6, 6.07) is -0.638. The number of carbonyl (C=O) groups is 1. The molecule has 0 aromatic rings. The molecule has 0 aromatic heterocycles. The van der Waals surface area contributed by atoms with Crippen molar-refractivity contribution in [3.63, 3.8) is 0 Å². The molecule has 0 aliphatic heterocycles. The van der Waals surface area contributed by atoms with Gasteiger partial charge in [-0.1, -0.05) is 25.5 Å². The molecule has 0 saturated heterocycles. The Morgan fingerprint density at radius 2 is 2.07 bits per heavy atom. The van der Waals surface area contributed by atoms with Crippen molar-refractivity contribution in [1.82, 2.24) is 0 Å². The molecular weight excluding hydrogens is 178 g/mol. The van der Waals surface area contributed by atoms with Crippen LogP contribution in [0.4, 0.5) is 0 Å². The van der Waals surface area contributed by atoms with E-state index in [4.69, 9.17) is 10.5 Å². The fourth-order valence-electron chi connectivity index (χ4n) is 0.858. The standard InChI is InChI=1S/C11H21NO2/c1-5-6-7-8-9(12)10(13)14-11(2,3)4/h7-9H,5-6,12H2,1-4H3. The van der Waals surface area contributed by atoms with E-state index in [9.17, 15) is 4.79 Å². The highest BCUT2D eigenvalue weighted by molar-refractivity contribution is 5.78. The first-order valence-corrected chi connectivity index (χ1v) is 5.02. The molecule has 0 aliphatic carbocycles. The Morgan fingerprint density at radius 1 is 1.50 bits per heavy atom. The molecule has 0 fully saturated rings. The highest BCUT2D eigenvalue weighted by Gasteiger charge is 2.19. The van der Waals surface area contributed by atoms with Gasteiger partial charge < -0.3 is 10.5 Å². The predicted molar refractivity (Wildman–Crippen MR) is 57.9 cm³/mol. The second-order valence-electron chi connectivity index (χ2n) is 4.28. The molecule has 3 heteroatoms. The Hall–Kier alpha value is -0.830. The average Bonchev–Trinajstić information content (AvgIpc) is 2.01. The lowest BCUT2D eigenvalue weighted by molar-refractivity contribution is -0.155. The van der Waals surface area contributed by atoms with Crippen LogP contribution in [0, 0.1) is 0 Å². The molecule has 0 amide bonds. The Labute approximate surface area is 86.3 Å². The van der Waals surface area contributed by atoms with Gasteiger partial charge in [0.15, 0.2) is 0 Å². The van der Waals surface area contributed by atoms with Gasteiger partial charge in [-0.25, -0.2) is 4.79 Å². The number of unbranched alkanes of at least 4 members (excludes halogenated alkanes) is 1. The van der Waals surface area contributed by atoms with Crippen molar-refractivity contribution >= 4 is 5.97 Å². The van der Waals surface area contributed by atoms with Crippen LogP contribution in [0.25, 0.3) is 0 Å². The number of esters is 1. The third kappa shape index (κ3) is 6.66. The molecule has 0 spiro atoms. The Balaban J connectivity index is 4.00. The van der Waals surface area contributed by atoms with Gasteiger partial charge in [0.2, 0.25) is 0 Å². The van der Waals surface area contributed by atoms with Gasteiger partial charge >= 0.3 is 5.97 Å². The summed E-state index contributed by atoms with van der Waals surface area (Å²) >= 11 is 0. The zero-order chi connectivity index (χ0) is 11.2. The van der Waals surface area contributed by atoms with Crippen LogP contribution < -0.4 is 5.73 Å². The van der Waals surface area contributed by atoms with Crippen molar-refractivity contribution in [3.05, 3.63) is 12.2 Å². The van der Waals surface area contributed by atoms with Gasteiger partial charge in [-0.3, -0.25) is 0 Å². The molecule has 0 aromatic carbocycles. The van der Waals surface area contributed by atoms with E-state index in [0.717, 1.165) is 12.8 Å². The van der Waals surface area contributed by atoms with Gasteiger partial charge in [-0.2, -0.15) is 0 Å². The first-order valence-electron chi connectivity index (χ1n) is 5.02. The average molecular weight is 199 g/mol. The molecule has 14 heavy (non-hydrogen) atoms. The number of rotatable bonds is 4. The van der Waals surface area contributed by atoms with E-state index >= 15 is 0 Å². The zero-order valence-electron chi connectivity index (χ0n) is 9.54. The molecular formula is C11H21NO2. The van der Waals surface area contributed by atoms with Crippen molar-refractivity contribution in [2.75, 3.05) is 0 Å². The minimum atomic E-state index is -0.638. The van der Waals surface area contributed by atoms with E-state index < -0.39 is 11.6 Å². The van der Waals surface area contributed by atoms with E-state index in [1.807, 2.05) is 26.8 Å². The summed E-state index contributed by atoms with van der Waals surface area (Å²) in [7, 11) is 0. The van der Waals surface area contributed by atoms with Gasteiger partial charge in [-0.15, -0.1) is 0 Å². The van der Waals surface area contributed by atoms with Crippen molar-refractivity contribution < 1.29 is 9.53 Å². The molecule has 1 unspecified atom stereocenters. The maximum atomic E-state index is 11.4. The molecule has 0 heterocycles. The first kappa shape index (κ1) is 13.2. The molecule has 82 valence electrons. The van der Waals surface area contributed by atoms with Crippen molar-refractivity contribution in [3.8, 4) is 0 Å². The summed E-state index contributed by atoms with van der Waals surface area (Å²) in [5.74, 6) is -0.371. The second kappa shape index (κ2) is 5.81. The summed E-state index contributed by atoms with van der Waals surface area (Å²) in [6.45, 7) is 7.55. The zero-order valence-corrected chi connectivity index (χ0v) is 9.54. The van der Waals surface area contributed by atoms with E-state index in [1.165, 1.54) is 0 Å². The van der Waals surface area contributed by atoms with Crippen molar-refractivity contribution in [2.45, 2.75) is 52.2 Å². The molecule has 2 N–H and O–H groups in total. The molecule has 0 aliphatic rings. The third-order valence-corrected chi connectivity index (χ3v) is 1.48. The van der Waals surface area contributed by atoms with Gasteiger partial charge in [0.1, 0.15) is 11.6 Å². The van der Waals surface area contributed by atoms with Crippen molar-refractivity contribution in [2.24, 2.45) is 5.73 Å². The lowest BCUT2D eigenvalue weighted by Gasteiger charge is -2.20. The van der Waals surface area contributed by atoms with Crippen LogP contribution in [0.3, 0.4) is 0 Å². The largest absolute Gasteiger partial charge is 0.459 e. The maximum Gasteiger partial charge on any atom is 0.327 e. The summed E-state index contributed by atoms with van der Waals surface area (Å²) < 4.78 is 5.11. The lowest BCUT2D eigenvalue weighted by Crippen LogP contribution is -2.35. The number of carbonyl (C=O) groups excluding carboxylic acids is 1. The minimum Gasteiger partial charge on any atom is -0.459 e. The summed E-state index contributed by atoms with van der Waals surface area (Å²) in [5.41, 5.74) is 5.14.